The van der Waals surface area contributed by atoms with Crippen LogP contribution < -0.4 is 5.32 Å². The van der Waals surface area contributed by atoms with Crippen LogP contribution >= 0.6 is 0 Å². The SMILES string of the molecule is CC(C)CN1CCC(C(=O)NCC2(O)CCCCCC2)C1. The predicted octanol–water partition coefficient (Wildman–Crippen LogP) is 2.17. The highest BCUT2D eigenvalue weighted by atomic mass is 16.3. The second-order valence-electron chi connectivity index (χ2n) is 7.50. The summed E-state index contributed by atoms with van der Waals surface area (Å²) in [7, 11) is 0. The lowest BCUT2D eigenvalue weighted by Gasteiger charge is -2.27. The van der Waals surface area contributed by atoms with Gasteiger partial charge in [-0.3, -0.25) is 4.79 Å². The van der Waals surface area contributed by atoms with Gasteiger partial charge in [-0.25, -0.2) is 0 Å². The molecule has 0 aromatic heterocycles. The zero-order chi connectivity index (χ0) is 15.3. The Hall–Kier alpha value is -0.610. The monoisotopic (exact) mass is 296 g/mol. The van der Waals surface area contributed by atoms with Crippen LogP contribution in [0.4, 0.5) is 0 Å². The van der Waals surface area contributed by atoms with Gasteiger partial charge in [0.25, 0.3) is 0 Å². The highest BCUT2D eigenvalue weighted by Crippen LogP contribution is 2.26. The van der Waals surface area contributed by atoms with Crippen LogP contribution in [-0.2, 0) is 4.79 Å². The lowest BCUT2D eigenvalue weighted by atomic mass is 9.94. The summed E-state index contributed by atoms with van der Waals surface area (Å²) in [5, 5.41) is 13.6. The molecule has 1 saturated heterocycles. The molecule has 0 radical (unpaired) electrons. The van der Waals surface area contributed by atoms with Crippen molar-refractivity contribution in [1.29, 1.82) is 0 Å². The van der Waals surface area contributed by atoms with Crippen LogP contribution in [0.3, 0.4) is 0 Å². The molecule has 2 rings (SSSR count). The van der Waals surface area contributed by atoms with E-state index in [1.807, 2.05) is 0 Å². The zero-order valence-electron chi connectivity index (χ0n) is 13.7. The molecule has 4 nitrogen and oxygen atoms in total. The Kier molecular flexibility index (Phi) is 6.06. The molecular formula is C17H32N2O2. The van der Waals surface area contributed by atoms with Crippen molar-refractivity contribution in [1.82, 2.24) is 10.2 Å². The first-order valence-electron chi connectivity index (χ1n) is 8.71. The Balaban J connectivity index is 1.74. The van der Waals surface area contributed by atoms with Gasteiger partial charge >= 0.3 is 0 Å². The molecule has 2 aliphatic rings. The fourth-order valence-corrected chi connectivity index (χ4v) is 3.69. The molecule has 122 valence electrons. The highest BCUT2D eigenvalue weighted by Gasteiger charge is 2.32. The quantitative estimate of drug-likeness (QED) is 0.765. The van der Waals surface area contributed by atoms with Crippen molar-refractivity contribution in [3.63, 3.8) is 0 Å². The second kappa shape index (κ2) is 7.59. The van der Waals surface area contributed by atoms with Crippen molar-refractivity contribution < 1.29 is 9.90 Å². The highest BCUT2D eigenvalue weighted by molar-refractivity contribution is 5.79. The first-order valence-corrected chi connectivity index (χ1v) is 8.71. The molecule has 2 fully saturated rings. The molecule has 1 aliphatic heterocycles. The van der Waals surface area contributed by atoms with Crippen LogP contribution in [-0.4, -0.2) is 47.7 Å². The average Bonchev–Trinajstić information content (AvgIpc) is 2.77. The molecule has 1 unspecified atom stereocenters. The summed E-state index contributed by atoms with van der Waals surface area (Å²) in [4.78, 5) is 14.7. The fourth-order valence-electron chi connectivity index (χ4n) is 3.69. The Labute approximate surface area is 129 Å². The Bertz CT molecular complexity index is 336. The number of likely N-dealkylation sites (tertiary alicyclic amines) is 1. The van der Waals surface area contributed by atoms with Crippen LogP contribution in [0.5, 0.6) is 0 Å². The van der Waals surface area contributed by atoms with Crippen LogP contribution in [0.25, 0.3) is 0 Å². The third kappa shape index (κ3) is 5.26. The number of carbonyl (C=O) groups is 1. The van der Waals surface area contributed by atoms with E-state index in [-0.39, 0.29) is 11.8 Å². The summed E-state index contributed by atoms with van der Waals surface area (Å²) in [6.07, 6.45) is 7.20. The number of rotatable bonds is 5. The molecule has 1 saturated carbocycles. The maximum atomic E-state index is 12.3. The topological polar surface area (TPSA) is 52.6 Å². The summed E-state index contributed by atoms with van der Waals surface area (Å²) in [5.41, 5.74) is -0.664. The smallest absolute Gasteiger partial charge is 0.224 e. The average molecular weight is 296 g/mol. The normalized spacial score (nSPS) is 26.8. The fraction of sp³-hybridized carbons (Fsp3) is 0.941. The van der Waals surface area contributed by atoms with Gasteiger partial charge in [0.1, 0.15) is 0 Å². The van der Waals surface area contributed by atoms with E-state index in [1.54, 1.807) is 0 Å². The Morgan fingerprint density at radius 2 is 1.95 bits per heavy atom. The zero-order valence-corrected chi connectivity index (χ0v) is 13.7. The minimum atomic E-state index is -0.664. The lowest BCUT2D eigenvalue weighted by Crippen LogP contribution is -2.45. The number of aliphatic hydroxyl groups is 1. The molecule has 21 heavy (non-hydrogen) atoms. The molecule has 1 atom stereocenters. The number of hydrogen-bond acceptors (Lipinski definition) is 3. The van der Waals surface area contributed by atoms with Crippen molar-refractivity contribution in [3.05, 3.63) is 0 Å². The van der Waals surface area contributed by atoms with Crippen molar-refractivity contribution in [2.75, 3.05) is 26.2 Å². The van der Waals surface area contributed by atoms with Gasteiger partial charge in [-0.2, -0.15) is 0 Å². The number of carbonyl (C=O) groups excluding carboxylic acids is 1. The maximum Gasteiger partial charge on any atom is 0.224 e. The van der Waals surface area contributed by atoms with E-state index in [9.17, 15) is 9.90 Å². The van der Waals surface area contributed by atoms with E-state index in [2.05, 4.69) is 24.1 Å². The number of hydrogen-bond donors (Lipinski definition) is 2. The third-order valence-corrected chi connectivity index (χ3v) is 4.89. The molecule has 0 spiro atoms. The summed E-state index contributed by atoms with van der Waals surface area (Å²) < 4.78 is 0. The summed E-state index contributed by atoms with van der Waals surface area (Å²) >= 11 is 0. The molecule has 2 N–H and O–H groups in total. The van der Waals surface area contributed by atoms with Crippen LogP contribution in [0.1, 0.15) is 58.8 Å². The van der Waals surface area contributed by atoms with E-state index in [1.165, 1.54) is 12.8 Å². The van der Waals surface area contributed by atoms with Crippen LogP contribution in [0.2, 0.25) is 0 Å². The first-order chi connectivity index (χ1) is 9.98. The summed E-state index contributed by atoms with van der Waals surface area (Å²) in [6, 6.07) is 0. The number of nitrogens with one attached hydrogen (secondary N) is 1. The van der Waals surface area contributed by atoms with E-state index < -0.39 is 5.60 Å². The van der Waals surface area contributed by atoms with Gasteiger partial charge in [0, 0.05) is 19.6 Å². The minimum Gasteiger partial charge on any atom is -0.388 e. The molecule has 1 amide bonds. The Morgan fingerprint density at radius 1 is 1.29 bits per heavy atom. The molecule has 1 heterocycles. The Morgan fingerprint density at radius 3 is 2.57 bits per heavy atom. The molecule has 0 aromatic carbocycles. The molecular weight excluding hydrogens is 264 g/mol. The largest absolute Gasteiger partial charge is 0.388 e. The van der Waals surface area contributed by atoms with E-state index in [0.717, 1.165) is 51.7 Å². The molecule has 0 aromatic rings. The van der Waals surface area contributed by atoms with Gasteiger partial charge in [-0.1, -0.05) is 39.5 Å². The lowest BCUT2D eigenvalue weighted by molar-refractivity contribution is -0.126. The molecule has 0 bridgehead atoms. The molecule has 4 heteroatoms. The van der Waals surface area contributed by atoms with Crippen LogP contribution in [0, 0.1) is 11.8 Å². The number of amides is 1. The van der Waals surface area contributed by atoms with Gasteiger partial charge in [-0.15, -0.1) is 0 Å². The summed E-state index contributed by atoms with van der Waals surface area (Å²) in [6.45, 7) is 7.85. The molecule has 1 aliphatic carbocycles. The van der Waals surface area contributed by atoms with Gasteiger partial charge < -0.3 is 15.3 Å². The van der Waals surface area contributed by atoms with Crippen molar-refractivity contribution >= 4 is 5.91 Å². The first kappa shape index (κ1) is 16.8. The predicted molar refractivity (Wildman–Crippen MR) is 85.0 cm³/mol. The van der Waals surface area contributed by atoms with Gasteiger partial charge in [-0.05, 0) is 31.7 Å². The third-order valence-electron chi connectivity index (χ3n) is 4.89. The maximum absolute atomic E-state index is 12.3. The van der Waals surface area contributed by atoms with Crippen molar-refractivity contribution in [3.8, 4) is 0 Å². The standard InChI is InChI=1S/C17H32N2O2/c1-14(2)11-19-10-7-15(12-19)16(20)18-13-17(21)8-5-3-4-6-9-17/h14-15,21H,3-13H2,1-2H3,(H,18,20). The van der Waals surface area contributed by atoms with Gasteiger partial charge in [0.05, 0.1) is 11.5 Å². The minimum absolute atomic E-state index is 0.109. The van der Waals surface area contributed by atoms with Crippen molar-refractivity contribution in [2.24, 2.45) is 11.8 Å². The van der Waals surface area contributed by atoms with Gasteiger partial charge in [0.2, 0.25) is 5.91 Å². The van der Waals surface area contributed by atoms with E-state index in [0.29, 0.717) is 12.5 Å². The number of nitrogens with zero attached hydrogens (tertiary/aromatic N) is 1. The van der Waals surface area contributed by atoms with E-state index in [4.69, 9.17) is 0 Å². The second-order valence-corrected chi connectivity index (χ2v) is 7.50. The van der Waals surface area contributed by atoms with Crippen molar-refractivity contribution in [2.45, 2.75) is 64.4 Å². The van der Waals surface area contributed by atoms with Crippen LogP contribution in [0.15, 0.2) is 0 Å². The summed E-state index contributed by atoms with van der Waals surface area (Å²) in [5.74, 6) is 0.899. The van der Waals surface area contributed by atoms with E-state index >= 15 is 0 Å². The van der Waals surface area contributed by atoms with Gasteiger partial charge in [0.15, 0.2) is 0 Å².